The summed E-state index contributed by atoms with van der Waals surface area (Å²) < 4.78 is 33.6. The summed E-state index contributed by atoms with van der Waals surface area (Å²) in [7, 11) is 1.03. The lowest BCUT2D eigenvalue weighted by atomic mass is 10.1. The van der Waals surface area contributed by atoms with E-state index in [-0.39, 0.29) is 26.1 Å². The number of carbonyl (C=O) groups is 2. The molecule has 0 saturated carbocycles. The summed E-state index contributed by atoms with van der Waals surface area (Å²) in [4.78, 5) is 37.4. The summed E-state index contributed by atoms with van der Waals surface area (Å²) >= 11 is 0. The van der Waals surface area contributed by atoms with Gasteiger partial charge < -0.3 is 33.0 Å². The molecule has 0 bridgehead atoms. The number of aliphatic hydroxyl groups excluding tert-OH is 1. The Morgan fingerprint density at radius 1 is 0.698 bits per heavy atom. The molecule has 0 saturated heterocycles. The number of hydrogen-bond donors (Lipinski definition) is 1. The molecule has 306 valence electrons. The van der Waals surface area contributed by atoms with Gasteiger partial charge in [-0.1, -0.05) is 120 Å². The predicted molar refractivity (Wildman–Crippen MR) is 214 cm³/mol. The van der Waals surface area contributed by atoms with Gasteiger partial charge in [-0.05, 0) is 64.2 Å². The van der Waals surface area contributed by atoms with Crippen LogP contribution in [0.4, 0.5) is 0 Å². The second-order valence-corrected chi connectivity index (χ2v) is 15.9. The highest BCUT2D eigenvalue weighted by Crippen LogP contribution is 2.38. The first kappa shape index (κ1) is 50.7. The van der Waals surface area contributed by atoms with Crippen LogP contribution in [0.5, 0.6) is 0 Å². The molecule has 0 aliphatic heterocycles. The summed E-state index contributed by atoms with van der Waals surface area (Å²) in [6.07, 6.45) is 35.7. The number of rotatable bonds is 35. The Morgan fingerprint density at radius 2 is 1.28 bits per heavy atom. The van der Waals surface area contributed by atoms with Crippen LogP contribution in [0.2, 0.25) is 0 Å². The number of unbranched alkanes of at least 4 members (excludes halogenated alkanes) is 10. The Morgan fingerprint density at radius 3 is 1.98 bits per heavy atom. The Bertz CT molecular complexity index is 1110. The van der Waals surface area contributed by atoms with Gasteiger partial charge in [0.1, 0.15) is 19.8 Å². The van der Waals surface area contributed by atoms with Gasteiger partial charge >= 0.3 is 11.9 Å². The van der Waals surface area contributed by atoms with Crippen LogP contribution in [0, 0.1) is 0 Å². The first-order chi connectivity index (χ1) is 25.4. The molecule has 53 heavy (non-hydrogen) atoms. The van der Waals surface area contributed by atoms with Gasteiger partial charge in [-0.3, -0.25) is 14.2 Å². The highest BCUT2D eigenvalue weighted by atomic mass is 31.2. The molecule has 0 aromatic rings. The van der Waals surface area contributed by atoms with Crippen LogP contribution in [0.25, 0.3) is 0 Å². The number of hydrogen-bond acceptors (Lipinski definition) is 9. The smallest absolute Gasteiger partial charge is 0.306 e. The lowest BCUT2D eigenvalue weighted by molar-refractivity contribution is -0.870. The maximum Gasteiger partial charge on any atom is 0.306 e. The molecule has 10 nitrogen and oxygen atoms in total. The molecule has 1 N–H and O–H groups in total. The number of ether oxygens (including phenoxy) is 2. The molecule has 0 spiro atoms. The SMILES string of the molecule is CCCC/C=C\CCCCCCCC(=O)OC[C@H](COP(=O)([O-])OCC[N+](C)(C)C)OC(=O)CCC[C@@H](O)/C=C/C=C\C/C=C\C/C=C\CCCCC. The van der Waals surface area contributed by atoms with Crippen molar-refractivity contribution >= 4 is 19.8 Å². The molecule has 0 aliphatic carbocycles. The van der Waals surface area contributed by atoms with Crippen LogP contribution in [-0.2, 0) is 32.7 Å². The fourth-order valence-electron chi connectivity index (χ4n) is 4.85. The number of esters is 2. The monoisotopic (exact) mass is 768 g/mol. The van der Waals surface area contributed by atoms with Crippen molar-refractivity contribution in [1.82, 2.24) is 0 Å². The van der Waals surface area contributed by atoms with E-state index in [1.54, 1.807) is 12.2 Å². The van der Waals surface area contributed by atoms with Gasteiger partial charge in [-0.2, -0.15) is 0 Å². The Labute approximate surface area is 322 Å². The maximum atomic E-state index is 12.6. The molecule has 0 rings (SSSR count). The normalized spacial score (nSPS) is 14.9. The summed E-state index contributed by atoms with van der Waals surface area (Å²) in [5.74, 6) is -1.06. The molecule has 1 unspecified atom stereocenters. The first-order valence-electron chi connectivity index (χ1n) is 20.1. The molecular weight excluding hydrogens is 693 g/mol. The lowest BCUT2D eigenvalue weighted by Crippen LogP contribution is -2.37. The first-order valence-corrected chi connectivity index (χ1v) is 21.6. The number of allylic oxidation sites excluding steroid dienone is 9. The van der Waals surface area contributed by atoms with E-state index < -0.39 is 38.6 Å². The van der Waals surface area contributed by atoms with Crippen LogP contribution < -0.4 is 4.89 Å². The minimum atomic E-state index is -4.68. The van der Waals surface area contributed by atoms with Gasteiger partial charge in [0, 0.05) is 12.8 Å². The molecule has 0 fully saturated rings. The van der Waals surface area contributed by atoms with Crippen molar-refractivity contribution in [2.45, 2.75) is 148 Å². The van der Waals surface area contributed by atoms with Crippen molar-refractivity contribution in [3.63, 3.8) is 0 Å². The highest BCUT2D eigenvalue weighted by molar-refractivity contribution is 7.45. The number of likely N-dealkylation sites (N-methyl/N-ethyl adjacent to an activating group) is 1. The molecule has 0 heterocycles. The summed E-state index contributed by atoms with van der Waals surface area (Å²) in [5, 5.41) is 10.3. The molecule has 0 radical (unpaired) electrons. The van der Waals surface area contributed by atoms with E-state index in [0.717, 1.165) is 57.8 Å². The average molecular weight is 768 g/mol. The second-order valence-electron chi connectivity index (χ2n) is 14.5. The van der Waals surface area contributed by atoms with Crippen LogP contribution in [-0.4, -0.2) is 81.2 Å². The number of quaternary nitrogens is 1. The fraction of sp³-hybridized carbons (Fsp3) is 0.714. The van der Waals surface area contributed by atoms with E-state index in [9.17, 15) is 24.2 Å². The van der Waals surface area contributed by atoms with E-state index in [1.807, 2.05) is 33.3 Å². The third-order valence-corrected chi connectivity index (χ3v) is 9.08. The number of nitrogens with zero attached hydrogens (tertiary/aromatic N) is 1. The van der Waals surface area contributed by atoms with Crippen molar-refractivity contribution in [2.75, 3.05) is 47.5 Å². The number of aliphatic hydroxyl groups is 1. The summed E-state index contributed by atoms with van der Waals surface area (Å²) in [6, 6.07) is 0. The van der Waals surface area contributed by atoms with E-state index in [1.165, 1.54) is 32.1 Å². The van der Waals surface area contributed by atoms with Gasteiger partial charge in [0.25, 0.3) is 7.82 Å². The Hall–Kier alpha value is -2.33. The zero-order valence-corrected chi connectivity index (χ0v) is 34.7. The van der Waals surface area contributed by atoms with Gasteiger partial charge in [0.2, 0.25) is 0 Å². The minimum Gasteiger partial charge on any atom is -0.756 e. The summed E-state index contributed by atoms with van der Waals surface area (Å²) in [6.45, 7) is 3.89. The van der Waals surface area contributed by atoms with Crippen LogP contribution in [0.1, 0.15) is 136 Å². The number of phosphoric acid groups is 1. The van der Waals surface area contributed by atoms with Crippen molar-refractivity contribution in [1.29, 1.82) is 0 Å². The Kier molecular flexibility index (Phi) is 32.7. The molecular formula is C42H74NO9P. The fourth-order valence-corrected chi connectivity index (χ4v) is 5.58. The van der Waals surface area contributed by atoms with E-state index in [4.69, 9.17) is 18.5 Å². The van der Waals surface area contributed by atoms with Crippen molar-refractivity contribution in [3.05, 3.63) is 60.8 Å². The lowest BCUT2D eigenvalue weighted by Gasteiger charge is -2.28. The van der Waals surface area contributed by atoms with Gasteiger partial charge in [0.15, 0.2) is 6.10 Å². The molecule has 11 heteroatoms. The highest BCUT2D eigenvalue weighted by Gasteiger charge is 2.22. The van der Waals surface area contributed by atoms with E-state index in [0.29, 0.717) is 30.3 Å². The second kappa shape index (κ2) is 34.2. The van der Waals surface area contributed by atoms with Crippen molar-refractivity contribution in [3.8, 4) is 0 Å². The third kappa shape index (κ3) is 37.8. The zero-order chi connectivity index (χ0) is 39.5. The quantitative estimate of drug-likeness (QED) is 0.0167. The minimum absolute atomic E-state index is 0.00734. The van der Waals surface area contributed by atoms with Crippen molar-refractivity contribution < 1.29 is 47.2 Å². The van der Waals surface area contributed by atoms with Crippen LogP contribution in [0.15, 0.2) is 60.8 Å². The van der Waals surface area contributed by atoms with Crippen molar-refractivity contribution in [2.24, 2.45) is 0 Å². The van der Waals surface area contributed by atoms with Gasteiger partial charge in [0.05, 0.1) is 33.9 Å². The third-order valence-electron chi connectivity index (χ3n) is 8.11. The molecule has 0 amide bonds. The maximum absolute atomic E-state index is 12.6. The predicted octanol–water partition coefficient (Wildman–Crippen LogP) is 9.24. The largest absolute Gasteiger partial charge is 0.756 e. The summed E-state index contributed by atoms with van der Waals surface area (Å²) in [5.41, 5.74) is 0. The van der Waals surface area contributed by atoms with E-state index in [2.05, 4.69) is 50.3 Å². The average Bonchev–Trinajstić information content (AvgIpc) is 3.09. The molecule has 0 aromatic heterocycles. The van der Waals surface area contributed by atoms with Gasteiger partial charge in [-0.15, -0.1) is 0 Å². The van der Waals surface area contributed by atoms with Crippen LogP contribution in [0.3, 0.4) is 0 Å². The zero-order valence-electron chi connectivity index (χ0n) is 33.8. The van der Waals surface area contributed by atoms with Gasteiger partial charge in [-0.25, -0.2) is 0 Å². The van der Waals surface area contributed by atoms with Crippen LogP contribution >= 0.6 is 7.82 Å². The standard InChI is InChI=1S/C42H74NO9P/c1-6-8-10-12-14-16-18-19-21-22-24-26-28-31-39(44)32-30-34-42(46)52-40(38-51-53(47,48)50-36-35-43(3,4)5)37-49-41(45)33-29-27-25-23-20-17-15-13-11-9-7-2/h13-16,19,21,24,26,28,31,39-40,44H,6-12,17-18,20,22-23,25,27,29-30,32-38H2,1-5H3/b15-13-,16-14-,21-19-,26-24-,31-28+/t39-,40+/m0/s1. The topological polar surface area (TPSA) is 131 Å². The Balaban J connectivity index is 4.65. The molecule has 0 aliphatic rings. The van der Waals surface area contributed by atoms with E-state index >= 15 is 0 Å². The molecule has 3 atom stereocenters. The number of carbonyl (C=O) groups excluding carboxylic acids is 2. The molecule has 0 aromatic carbocycles. The number of phosphoric ester groups is 1.